The molecule has 6 nitrogen and oxygen atoms in total. The van der Waals surface area contributed by atoms with Crippen LogP contribution in [0, 0.1) is 10.1 Å². The van der Waals surface area contributed by atoms with Gasteiger partial charge in [0.15, 0.2) is 0 Å². The molecule has 1 aliphatic rings. The van der Waals surface area contributed by atoms with Crippen LogP contribution in [0.1, 0.15) is 12.8 Å². The van der Waals surface area contributed by atoms with Crippen LogP contribution in [-0.4, -0.2) is 34.9 Å². The maximum atomic E-state index is 12.4. The number of non-ortho nitro benzene ring substituents is 1. The number of hydrogen-bond acceptors (Lipinski definition) is 3. The van der Waals surface area contributed by atoms with Crippen LogP contribution < -0.4 is 5.32 Å². The number of amides is 2. The van der Waals surface area contributed by atoms with E-state index in [4.69, 9.17) is 0 Å². The molecule has 0 aliphatic heterocycles. The van der Waals surface area contributed by atoms with E-state index >= 15 is 0 Å². The fourth-order valence-corrected chi connectivity index (χ4v) is 1.83. The van der Waals surface area contributed by atoms with E-state index in [2.05, 4.69) is 5.32 Å². The van der Waals surface area contributed by atoms with Gasteiger partial charge in [-0.2, -0.15) is 0 Å². The van der Waals surface area contributed by atoms with Crippen molar-refractivity contribution in [2.45, 2.75) is 25.3 Å². The molecule has 1 saturated carbocycles. The van der Waals surface area contributed by atoms with E-state index in [9.17, 15) is 23.7 Å². The van der Waals surface area contributed by atoms with Crippen LogP contribution in [0.25, 0.3) is 0 Å². The summed E-state index contributed by atoms with van der Waals surface area (Å²) in [6.07, 6.45) is -1.20. The van der Waals surface area contributed by atoms with Gasteiger partial charge in [-0.15, -0.1) is 0 Å². The molecule has 108 valence electrons. The van der Waals surface area contributed by atoms with E-state index in [1.54, 1.807) is 0 Å². The number of hydrogen-bond donors (Lipinski definition) is 1. The van der Waals surface area contributed by atoms with Gasteiger partial charge in [0, 0.05) is 23.9 Å². The maximum absolute atomic E-state index is 12.4. The van der Waals surface area contributed by atoms with Crippen molar-refractivity contribution in [1.82, 2.24) is 4.90 Å². The van der Waals surface area contributed by atoms with Gasteiger partial charge in [-0.1, -0.05) is 6.07 Å². The first-order valence-corrected chi connectivity index (χ1v) is 6.07. The van der Waals surface area contributed by atoms with Crippen LogP contribution in [0.15, 0.2) is 24.3 Å². The number of carbonyl (C=O) groups excluding carboxylic acids is 1. The number of alkyl halides is 2. The molecule has 0 aromatic heterocycles. The van der Waals surface area contributed by atoms with Gasteiger partial charge >= 0.3 is 6.03 Å². The average molecular weight is 285 g/mol. The Bertz CT molecular complexity index is 520. The van der Waals surface area contributed by atoms with E-state index in [-0.39, 0.29) is 17.4 Å². The van der Waals surface area contributed by atoms with Gasteiger partial charge in [-0.05, 0) is 18.9 Å². The van der Waals surface area contributed by atoms with E-state index in [0.29, 0.717) is 12.8 Å². The van der Waals surface area contributed by atoms with Gasteiger partial charge in [-0.25, -0.2) is 13.6 Å². The first kappa shape index (κ1) is 14.2. The molecule has 1 aromatic rings. The quantitative estimate of drug-likeness (QED) is 0.667. The van der Waals surface area contributed by atoms with Gasteiger partial charge in [0.25, 0.3) is 12.1 Å². The Balaban J connectivity index is 2.05. The highest BCUT2D eigenvalue weighted by molar-refractivity contribution is 5.90. The zero-order valence-electron chi connectivity index (χ0n) is 10.5. The van der Waals surface area contributed by atoms with Crippen LogP contribution in [-0.2, 0) is 0 Å². The Hall–Kier alpha value is -2.25. The topological polar surface area (TPSA) is 75.5 Å². The number of benzene rings is 1. The minimum Gasteiger partial charge on any atom is -0.316 e. The van der Waals surface area contributed by atoms with E-state index < -0.39 is 23.9 Å². The Morgan fingerprint density at radius 3 is 2.75 bits per heavy atom. The molecule has 1 N–H and O–H groups in total. The Labute approximate surface area is 113 Å². The Morgan fingerprint density at radius 2 is 2.20 bits per heavy atom. The minimum absolute atomic E-state index is 0.164. The summed E-state index contributed by atoms with van der Waals surface area (Å²) in [4.78, 5) is 23.0. The van der Waals surface area contributed by atoms with Gasteiger partial charge < -0.3 is 10.2 Å². The number of halogens is 2. The predicted molar refractivity (Wildman–Crippen MR) is 67.8 cm³/mol. The predicted octanol–water partition coefficient (Wildman–Crippen LogP) is 2.86. The summed E-state index contributed by atoms with van der Waals surface area (Å²) in [5, 5.41) is 13.0. The van der Waals surface area contributed by atoms with Crippen molar-refractivity contribution in [1.29, 1.82) is 0 Å². The number of nitro benzene ring substituents is 1. The third-order valence-electron chi connectivity index (χ3n) is 2.89. The van der Waals surface area contributed by atoms with E-state index in [1.807, 2.05) is 0 Å². The van der Waals surface area contributed by atoms with Crippen molar-refractivity contribution in [2.24, 2.45) is 0 Å². The van der Waals surface area contributed by atoms with Gasteiger partial charge in [0.05, 0.1) is 11.5 Å². The monoisotopic (exact) mass is 285 g/mol. The zero-order chi connectivity index (χ0) is 14.7. The third-order valence-corrected chi connectivity index (χ3v) is 2.89. The zero-order valence-corrected chi connectivity index (χ0v) is 10.5. The van der Waals surface area contributed by atoms with Gasteiger partial charge in [0.2, 0.25) is 0 Å². The van der Waals surface area contributed by atoms with Crippen LogP contribution in [0.3, 0.4) is 0 Å². The van der Waals surface area contributed by atoms with Gasteiger partial charge in [-0.3, -0.25) is 10.1 Å². The first-order valence-electron chi connectivity index (χ1n) is 6.07. The molecule has 0 radical (unpaired) electrons. The molecule has 0 atom stereocenters. The molecule has 1 aliphatic carbocycles. The lowest BCUT2D eigenvalue weighted by Crippen LogP contribution is -2.39. The molecule has 1 aromatic carbocycles. The second kappa shape index (κ2) is 5.81. The van der Waals surface area contributed by atoms with Crippen molar-refractivity contribution in [3.05, 3.63) is 34.4 Å². The molecule has 0 bridgehead atoms. The van der Waals surface area contributed by atoms with E-state index in [1.165, 1.54) is 24.3 Å². The highest BCUT2D eigenvalue weighted by atomic mass is 19.3. The molecular weight excluding hydrogens is 272 g/mol. The molecule has 0 spiro atoms. The summed E-state index contributed by atoms with van der Waals surface area (Å²) in [5.41, 5.74) is 0.0405. The number of urea groups is 1. The number of anilines is 1. The molecule has 0 unspecified atom stereocenters. The third kappa shape index (κ3) is 3.62. The standard InChI is InChI=1S/C12H13F2N3O3/c13-11(14)7-16(9-4-5-9)12(18)15-8-2-1-3-10(6-8)17(19)20/h1-3,6,9,11H,4-5,7H2,(H,15,18). The van der Waals surface area contributed by atoms with Crippen LogP contribution in [0.5, 0.6) is 0 Å². The lowest BCUT2D eigenvalue weighted by molar-refractivity contribution is -0.384. The lowest BCUT2D eigenvalue weighted by atomic mass is 10.3. The summed E-state index contributed by atoms with van der Waals surface area (Å²) in [6.45, 7) is -0.634. The number of nitro groups is 1. The van der Waals surface area contributed by atoms with Crippen LogP contribution in [0.4, 0.5) is 25.0 Å². The molecule has 2 amide bonds. The first-order chi connectivity index (χ1) is 9.47. The summed E-state index contributed by atoms with van der Waals surface area (Å²) >= 11 is 0. The number of nitrogens with zero attached hydrogens (tertiary/aromatic N) is 2. The Kier molecular flexibility index (Phi) is 4.11. The van der Waals surface area contributed by atoms with Crippen molar-refractivity contribution < 1.29 is 18.5 Å². The Morgan fingerprint density at radius 1 is 1.50 bits per heavy atom. The van der Waals surface area contributed by atoms with Crippen molar-refractivity contribution in [3.63, 3.8) is 0 Å². The SMILES string of the molecule is O=C(Nc1cccc([N+](=O)[O-])c1)N(CC(F)F)C1CC1. The van der Waals surface area contributed by atoms with Gasteiger partial charge in [0.1, 0.15) is 0 Å². The fourth-order valence-electron chi connectivity index (χ4n) is 1.83. The minimum atomic E-state index is -2.61. The molecule has 2 rings (SSSR count). The molecular formula is C12H13F2N3O3. The largest absolute Gasteiger partial charge is 0.322 e. The second-order valence-corrected chi connectivity index (χ2v) is 4.51. The number of rotatable bonds is 5. The van der Waals surface area contributed by atoms with Crippen molar-refractivity contribution >= 4 is 17.4 Å². The summed E-state index contributed by atoms with van der Waals surface area (Å²) in [5.74, 6) is 0. The molecule has 8 heteroatoms. The highest BCUT2D eigenvalue weighted by Crippen LogP contribution is 2.28. The van der Waals surface area contributed by atoms with Crippen LogP contribution in [0.2, 0.25) is 0 Å². The number of carbonyl (C=O) groups is 1. The molecule has 0 saturated heterocycles. The highest BCUT2D eigenvalue weighted by Gasteiger charge is 2.34. The fraction of sp³-hybridized carbons (Fsp3) is 0.417. The normalized spacial score (nSPS) is 14.2. The number of nitrogens with one attached hydrogen (secondary N) is 1. The lowest BCUT2D eigenvalue weighted by Gasteiger charge is -2.22. The summed E-state index contributed by atoms with van der Waals surface area (Å²) in [7, 11) is 0. The molecule has 1 fully saturated rings. The smallest absolute Gasteiger partial charge is 0.316 e. The second-order valence-electron chi connectivity index (χ2n) is 4.51. The average Bonchev–Trinajstić information content (AvgIpc) is 3.20. The van der Waals surface area contributed by atoms with E-state index in [0.717, 1.165) is 4.90 Å². The maximum Gasteiger partial charge on any atom is 0.322 e. The summed E-state index contributed by atoms with van der Waals surface area (Å²) in [6, 6.07) is 4.54. The van der Waals surface area contributed by atoms with Crippen molar-refractivity contribution in [3.8, 4) is 0 Å². The molecule has 20 heavy (non-hydrogen) atoms. The summed E-state index contributed by atoms with van der Waals surface area (Å²) < 4.78 is 24.9. The van der Waals surface area contributed by atoms with Crippen LogP contribution >= 0.6 is 0 Å². The van der Waals surface area contributed by atoms with Crippen molar-refractivity contribution in [2.75, 3.05) is 11.9 Å². The molecule has 0 heterocycles.